The molecule has 1 fully saturated rings. The third-order valence-electron chi connectivity index (χ3n) is 3.64. The molecule has 1 saturated carbocycles. The minimum atomic E-state index is -0.230. The Morgan fingerprint density at radius 2 is 2.06 bits per heavy atom. The molecule has 86 valence electrons. The van der Waals surface area contributed by atoms with Crippen LogP contribution >= 0.6 is 0 Å². The summed E-state index contributed by atoms with van der Waals surface area (Å²) in [7, 11) is 1.66. The van der Waals surface area contributed by atoms with Crippen LogP contribution in [0.4, 0.5) is 0 Å². The van der Waals surface area contributed by atoms with Gasteiger partial charge in [-0.3, -0.25) is 0 Å². The zero-order valence-corrected chi connectivity index (χ0v) is 9.77. The van der Waals surface area contributed by atoms with Gasteiger partial charge >= 0.3 is 0 Å². The fourth-order valence-corrected chi connectivity index (χ4v) is 2.40. The normalized spacial score (nSPS) is 16.8. The third-order valence-corrected chi connectivity index (χ3v) is 3.64. The van der Waals surface area contributed by atoms with Crippen molar-refractivity contribution in [2.75, 3.05) is 7.11 Å². The van der Waals surface area contributed by atoms with Crippen molar-refractivity contribution < 1.29 is 9.53 Å². The van der Waals surface area contributed by atoms with Gasteiger partial charge in [-0.25, -0.2) is 0 Å². The Labute approximate surface area is 100 Å². The van der Waals surface area contributed by atoms with Crippen LogP contribution in [0.2, 0.25) is 0 Å². The van der Waals surface area contributed by atoms with Crippen molar-refractivity contribution in [3.63, 3.8) is 0 Å². The van der Waals surface area contributed by atoms with E-state index in [1.165, 1.54) is 0 Å². The molecule has 0 saturated heterocycles. The number of aldehydes is 1. The van der Waals surface area contributed by atoms with E-state index in [9.17, 15) is 4.79 Å². The van der Waals surface area contributed by atoms with Gasteiger partial charge in [0.15, 0.2) is 0 Å². The highest BCUT2D eigenvalue weighted by Gasteiger charge is 2.45. The number of fused-ring (bicyclic) bond motifs is 1. The molecule has 1 aliphatic carbocycles. The second-order valence-corrected chi connectivity index (χ2v) is 4.67. The zero-order chi connectivity index (χ0) is 11.9. The Balaban J connectivity index is 2.27. The molecular weight excluding hydrogens is 212 g/mol. The van der Waals surface area contributed by atoms with Gasteiger partial charge in [-0.2, -0.15) is 0 Å². The van der Waals surface area contributed by atoms with Gasteiger partial charge in [-0.15, -0.1) is 0 Å². The van der Waals surface area contributed by atoms with Gasteiger partial charge in [0.25, 0.3) is 0 Å². The molecule has 0 spiro atoms. The maximum atomic E-state index is 11.3. The standard InChI is InChI=1S/C15H14O2/c1-17-12-6-5-11-3-2-4-14(13(11)9-12)15(10-16)7-8-15/h2-6,9-10H,7-8H2,1H3. The molecule has 2 aromatic carbocycles. The minimum Gasteiger partial charge on any atom is -0.497 e. The average Bonchev–Trinajstić information content (AvgIpc) is 3.18. The number of benzene rings is 2. The second kappa shape index (κ2) is 3.59. The Bertz CT molecular complexity index is 582. The Kier molecular flexibility index (Phi) is 2.18. The average molecular weight is 226 g/mol. The number of methoxy groups -OCH3 is 1. The van der Waals surface area contributed by atoms with Crippen molar-refractivity contribution in [3.8, 4) is 5.75 Å². The van der Waals surface area contributed by atoms with Crippen molar-refractivity contribution in [3.05, 3.63) is 42.0 Å². The summed E-state index contributed by atoms with van der Waals surface area (Å²) in [6.45, 7) is 0. The lowest BCUT2D eigenvalue weighted by atomic mass is 9.92. The van der Waals surface area contributed by atoms with E-state index in [2.05, 4.69) is 12.1 Å². The molecule has 2 aromatic rings. The van der Waals surface area contributed by atoms with Crippen molar-refractivity contribution in [2.45, 2.75) is 18.3 Å². The zero-order valence-electron chi connectivity index (χ0n) is 9.77. The van der Waals surface area contributed by atoms with Crippen LogP contribution in [0.25, 0.3) is 10.8 Å². The molecule has 0 radical (unpaired) electrons. The van der Waals surface area contributed by atoms with E-state index in [0.29, 0.717) is 0 Å². The predicted molar refractivity (Wildman–Crippen MR) is 67.5 cm³/mol. The van der Waals surface area contributed by atoms with Gasteiger partial charge in [0.1, 0.15) is 12.0 Å². The third kappa shape index (κ3) is 1.52. The molecule has 0 atom stereocenters. The largest absolute Gasteiger partial charge is 0.497 e. The van der Waals surface area contributed by atoms with Crippen molar-refractivity contribution in [1.29, 1.82) is 0 Å². The highest BCUT2D eigenvalue weighted by Crippen LogP contribution is 2.48. The summed E-state index contributed by atoms with van der Waals surface area (Å²) in [5.41, 5.74) is 0.912. The number of carbonyl (C=O) groups is 1. The maximum Gasteiger partial charge on any atom is 0.130 e. The topological polar surface area (TPSA) is 26.3 Å². The van der Waals surface area contributed by atoms with Crippen molar-refractivity contribution >= 4 is 17.1 Å². The van der Waals surface area contributed by atoms with Gasteiger partial charge in [0.2, 0.25) is 0 Å². The van der Waals surface area contributed by atoms with Gasteiger partial charge in [0, 0.05) is 0 Å². The lowest BCUT2D eigenvalue weighted by Gasteiger charge is -2.12. The monoisotopic (exact) mass is 226 g/mol. The van der Waals surface area contributed by atoms with Crippen LogP contribution in [-0.2, 0) is 10.2 Å². The van der Waals surface area contributed by atoms with Crippen molar-refractivity contribution in [1.82, 2.24) is 0 Å². The first-order valence-electron chi connectivity index (χ1n) is 5.83. The van der Waals surface area contributed by atoms with Crippen LogP contribution in [0, 0.1) is 0 Å². The van der Waals surface area contributed by atoms with E-state index in [4.69, 9.17) is 4.74 Å². The summed E-state index contributed by atoms with van der Waals surface area (Å²) in [6.07, 6.45) is 3.03. The Morgan fingerprint density at radius 3 is 2.71 bits per heavy atom. The molecule has 0 N–H and O–H groups in total. The predicted octanol–water partition coefficient (Wildman–Crippen LogP) is 3.08. The highest BCUT2D eigenvalue weighted by molar-refractivity contribution is 5.92. The van der Waals surface area contributed by atoms with Crippen LogP contribution in [0.3, 0.4) is 0 Å². The first-order valence-corrected chi connectivity index (χ1v) is 5.83. The number of rotatable bonds is 3. The van der Waals surface area contributed by atoms with E-state index >= 15 is 0 Å². The highest BCUT2D eigenvalue weighted by atomic mass is 16.5. The van der Waals surface area contributed by atoms with Gasteiger partial charge in [0.05, 0.1) is 12.5 Å². The Morgan fingerprint density at radius 1 is 1.24 bits per heavy atom. The van der Waals surface area contributed by atoms with E-state index in [1.54, 1.807) is 7.11 Å². The van der Waals surface area contributed by atoms with Gasteiger partial charge in [-0.1, -0.05) is 24.3 Å². The first-order chi connectivity index (χ1) is 8.29. The van der Waals surface area contributed by atoms with E-state index in [1.807, 2.05) is 24.3 Å². The lowest BCUT2D eigenvalue weighted by molar-refractivity contribution is -0.109. The summed E-state index contributed by atoms with van der Waals surface area (Å²) in [4.78, 5) is 11.3. The molecular formula is C15H14O2. The maximum absolute atomic E-state index is 11.3. The summed E-state index contributed by atoms with van der Waals surface area (Å²) < 4.78 is 5.26. The molecule has 1 aliphatic rings. The number of carbonyl (C=O) groups excluding carboxylic acids is 1. The SMILES string of the molecule is COc1ccc2cccc(C3(C=O)CC3)c2c1. The Hall–Kier alpha value is -1.83. The molecule has 0 unspecified atom stereocenters. The summed E-state index contributed by atoms with van der Waals surface area (Å²) in [5, 5.41) is 2.30. The quantitative estimate of drug-likeness (QED) is 0.752. The molecule has 2 heteroatoms. The van der Waals surface area contributed by atoms with Crippen LogP contribution < -0.4 is 4.74 Å². The molecule has 0 heterocycles. The first kappa shape index (κ1) is 10.3. The molecule has 0 amide bonds. The molecule has 0 aliphatic heterocycles. The lowest BCUT2D eigenvalue weighted by Crippen LogP contribution is -2.08. The van der Waals surface area contributed by atoms with Crippen LogP contribution in [-0.4, -0.2) is 13.4 Å². The molecule has 17 heavy (non-hydrogen) atoms. The van der Waals surface area contributed by atoms with Crippen molar-refractivity contribution in [2.24, 2.45) is 0 Å². The molecule has 0 bridgehead atoms. The smallest absolute Gasteiger partial charge is 0.130 e. The summed E-state index contributed by atoms with van der Waals surface area (Å²) in [5.74, 6) is 0.839. The number of hydrogen-bond donors (Lipinski definition) is 0. The van der Waals surface area contributed by atoms with Crippen LogP contribution in [0.5, 0.6) is 5.75 Å². The molecule has 3 rings (SSSR count). The van der Waals surface area contributed by atoms with Gasteiger partial charge < -0.3 is 9.53 Å². The van der Waals surface area contributed by atoms with Crippen LogP contribution in [0.15, 0.2) is 36.4 Å². The fraction of sp³-hybridized carbons (Fsp3) is 0.267. The molecule has 2 nitrogen and oxygen atoms in total. The van der Waals surface area contributed by atoms with E-state index in [0.717, 1.165) is 41.2 Å². The van der Waals surface area contributed by atoms with Crippen LogP contribution in [0.1, 0.15) is 18.4 Å². The summed E-state index contributed by atoms with van der Waals surface area (Å²) in [6, 6.07) is 12.2. The van der Waals surface area contributed by atoms with E-state index in [-0.39, 0.29) is 5.41 Å². The van der Waals surface area contributed by atoms with Gasteiger partial charge in [-0.05, 0) is 41.3 Å². The minimum absolute atomic E-state index is 0.230. The second-order valence-electron chi connectivity index (χ2n) is 4.67. The molecule has 0 aromatic heterocycles. The number of ether oxygens (including phenoxy) is 1. The number of hydrogen-bond acceptors (Lipinski definition) is 2. The fourth-order valence-electron chi connectivity index (χ4n) is 2.40. The summed E-state index contributed by atoms with van der Waals surface area (Å²) >= 11 is 0. The van der Waals surface area contributed by atoms with E-state index < -0.39 is 0 Å².